The summed E-state index contributed by atoms with van der Waals surface area (Å²) in [5.41, 5.74) is 2.62. The number of aryl methyl sites for hydroxylation is 1. The molecule has 0 unspecified atom stereocenters. The molecule has 0 bridgehead atoms. The van der Waals surface area contributed by atoms with Gasteiger partial charge in [0.25, 0.3) is 0 Å². The molecule has 1 rings (SSSR count). The smallest absolute Gasteiger partial charge is 0.102 e. The predicted octanol–water partition coefficient (Wildman–Crippen LogP) is 2.31. The van der Waals surface area contributed by atoms with Gasteiger partial charge in [-0.3, -0.25) is 0 Å². The number of halogens is 1. The molecule has 1 aromatic carbocycles. The standard InChI is InChI=1S/C11H16FN/c1-2-10-5-3-4-6-11(10)9-13-8-7-12/h3-6,13H,2,7-9H2,1H3. The molecule has 72 valence electrons. The molecule has 0 amide bonds. The Kier molecular flexibility index (Phi) is 4.47. The predicted molar refractivity (Wildman–Crippen MR) is 53.5 cm³/mol. The van der Waals surface area contributed by atoms with Crippen molar-refractivity contribution in [2.75, 3.05) is 13.2 Å². The van der Waals surface area contributed by atoms with Crippen LogP contribution in [0, 0.1) is 0 Å². The highest BCUT2D eigenvalue weighted by Gasteiger charge is 1.97. The average molecular weight is 181 g/mol. The average Bonchev–Trinajstić information content (AvgIpc) is 2.19. The van der Waals surface area contributed by atoms with Gasteiger partial charge in [-0.2, -0.15) is 0 Å². The molecule has 0 aliphatic rings. The van der Waals surface area contributed by atoms with Crippen molar-refractivity contribution in [1.82, 2.24) is 5.32 Å². The largest absolute Gasteiger partial charge is 0.310 e. The maximum Gasteiger partial charge on any atom is 0.102 e. The summed E-state index contributed by atoms with van der Waals surface area (Å²) >= 11 is 0. The molecule has 0 aliphatic heterocycles. The van der Waals surface area contributed by atoms with Crippen molar-refractivity contribution in [3.05, 3.63) is 35.4 Å². The van der Waals surface area contributed by atoms with Gasteiger partial charge in [-0.15, -0.1) is 0 Å². The summed E-state index contributed by atoms with van der Waals surface area (Å²) in [6, 6.07) is 8.26. The highest BCUT2D eigenvalue weighted by Crippen LogP contribution is 2.08. The molecule has 0 saturated carbocycles. The van der Waals surface area contributed by atoms with E-state index in [1.165, 1.54) is 11.1 Å². The Morgan fingerprint density at radius 3 is 2.54 bits per heavy atom. The van der Waals surface area contributed by atoms with Gasteiger partial charge >= 0.3 is 0 Å². The van der Waals surface area contributed by atoms with E-state index in [0.29, 0.717) is 6.54 Å². The Labute approximate surface area is 79.0 Å². The fourth-order valence-corrected chi connectivity index (χ4v) is 1.36. The van der Waals surface area contributed by atoms with Crippen LogP contribution in [0.1, 0.15) is 18.1 Å². The molecule has 13 heavy (non-hydrogen) atoms. The third kappa shape index (κ3) is 3.15. The van der Waals surface area contributed by atoms with Crippen LogP contribution in [0.2, 0.25) is 0 Å². The number of hydrogen-bond donors (Lipinski definition) is 1. The van der Waals surface area contributed by atoms with Crippen LogP contribution in [-0.2, 0) is 13.0 Å². The summed E-state index contributed by atoms with van der Waals surface area (Å²) in [4.78, 5) is 0. The maximum absolute atomic E-state index is 11.8. The fraction of sp³-hybridized carbons (Fsp3) is 0.455. The third-order valence-corrected chi connectivity index (χ3v) is 2.09. The lowest BCUT2D eigenvalue weighted by Crippen LogP contribution is -2.16. The second-order valence-corrected chi connectivity index (χ2v) is 2.99. The zero-order valence-electron chi connectivity index (χ0n) is 8.02. The van der Waals surface area contributed by atoms with Gasteiger partial charge in [-0.25, -0.2) is 4.39 Å². The first-order chi connectivity index (χ1) is 6.38. The second kappa shape index (κ2) is 5.70. The van der Waals surface area contributed by atoms with Crippen molar-refractivity contribution in [1.29, 1.82) is 0 Å². The first-order valence-corrected chi connectivity index (χ1v) is 4.72. The minimum absolute atomic E-state index is 0.297. The summed E-state index contributed by atoms with van der Waals surface area (Å²) in [6.45, 7) is 3.05. The van der Waals surface area contributed by atoms with Crippen LogP contribution >= 0.6 is 0 Å². The van der Waals surface area contributed by atoms with E-state index in [9.17, 15) is 4.39 Å². The van der Waals surface area contributed by atoms with E-state index >= 15 is 0 Å². The molecule has 0 fully saturated rings. The molecule has 1 nitrogen and oxygen atoms in total. The van der Waals surface area contributed by atoms with Gasteiger partial charge in [0.1, 0.15) is 6.67 Å². The highest BCUT2D eigenvalue weighted by molar-refractivity contribution is 5.26. The summed E-state index contributed by atoms with van der Waals surface area (Å²) in [7, 11) is 0. The Morgan fingerprint density at radius 2 is 1.92 bits per heavy atom. The lowest BCUT2D eigenvalue weighted by atomic mass is 10.1. The molecule has 0 atom stereocenters. The monoisotopic (exact) mass is 181 g/mol. The third-order valence-electron chi connectivity index (χ3n) is 2.09. The van der Waals surface area contributed by atoms with Crippen molar-refractivity contribution < 1.29 is 4.39 Å². The van der Waals surface area contributed by atoms with E-state index in [-0.39, 0.29) is 6.67 Å². The Morgan fingerprint density at radius 1 is 1.23 bits per heavy atom. The van der Waals surface area contributed by atoms with Crippen molar-refractivity contribution in [3.63, 3.8) is 0 Å². The molecule has 1 N–H and O–H groups in total. The number of alkyl halides is 1. The van der Waals surface area contributed by atoms with E-state index in [1.54, 1.807) is 0 Å². The fourth-order valence-electron chi connectivity index (χ4n) is 1.36. The lowest BCUT2D eigenvalue weighted by Gasteiger charge is -2.07. The van der Waals surface area contributed by atoms with Crippen LogP contribution in [0.3, 0.4) is 0 Å². The van der Waals surface area contributed by atoms with Crippen LogP contribution in [0.4, 0.5) is 4.39 Å². The minimum Gasteiger partial charge on any atom is -0.310 e. The van der Waals surface area contributed by atoms with Crippen molar-refractivity contribution >= 4 is 0 Å². The molecule has 0 aromatic heterocycles. The van der Waals surface area contributed by atoms with Gasteiger partial charge in [-0.05, 0) is 17.5 Å². The molecule has 0 radical (unpaired) electrons. The molecule has 1 aromatic rings. The number of hydrogen-bond acceptors (Lipinski definition) is 1. The quantitative estimate of drug-likeness (QED) is 0.687. The van der Waals surface area contributed by atoms with E-state index in [0.717, 1.165) is 13.0 Å². The van der Waals surface area contributed by atoms with Crippen LogP contribution < -0.4 is 5.32 Å². The number of rotatable bonds is 5. The normalized spacial score (nSPS) is 10.3. The van der Waals surface area contributed by atoms with E-state index in [2.05, 4.69) is 24.4 Å². The van der Waals surface area contributed by atoms with Crippen LogP contribution in [0.25, 0.3) is 0 Å². The Balaban J connectivity index is 2.54. The van der Waals surface area contributed by atoms with Gasteiger partial charge in [-0.1, -0.05) is 31.2 Å². The van der Waals surface area contributed by atoms with E-state index < -0.39 is 0 Å². The van der Waals surface area contributed by atoms with Gasteiger partial charge in [0.15, 0.2) is 0 Å². The van der Waals surface area contributed by atoms with Gasteiger partial charge in [0.2, 0.25) is 0 Å². The number of nitrogens with one attached hydrogen (secondary N) is 1. The van der Waals surface area contributed by atoms with E-state index in [4.69, 9.17) is 0 Å². The zero-order valence-corrected chi connectivity index (χ0v) is 8.02. The molecular weight excluding hydrogens is 165 g/mol. The minimum atomic E-state index is -0.297. The summed E-state index contributed by atoms with van der Waals surface area (Å²) in [5.74, 6) is 0. The summed E-state index contributed by atoms with van der Waals surface area (Å²) in [5, 5.41) is 3.05. The SMILES string of the molecule is CCc1ccccc1CNCCF. The molecule has 0 saturated heterocycles. The topological polar surface area (TPSA) is 12.0 Å². The summed E-state index contributed by atoms with van der Waals surface area (Å²) < 4.78 is 11.8. The summed E-state index contributed by atoms with van der Waals surface area (Å²) in [6.07, 6.45) is 1.04. The van der Waals surface area contributed by atoms with Gasteiger partial charge in [0.05, 0.1) is 0 Å². The zero-order chi connectivity index (χ0) is 9.52. The first kappa shape index (κ1) is 10.2. The van der Waals surface area contributed by atoms with Crippen LogP contribution in [-0.4, -0.2) is 13.2 Å². The van der Waals surface area contributed by atoms with Crippen LogP contribution in [0.5, 0.6) is 0 Å². The lowest BCUT2D eigenvalue weighted by molar-refractivity contribution is 0.466. The van der Waals surface area contributed by atoms with Crippen LogP contribution in [0.15, 0.2) is 24.3 Å². The van der Waals surface area contributed by atoms with Crippen molar-refractivity contribution in [3.8, 4) is 0 Å². The highest BCUT2D eigenvalue weighted by atomic mass is 19.1. The molecule has 0 spiro atoms. The van der Waals surface area contributed by atoms with Crippen molar-refractivity contribution in [2.45, 2.75) is 19.9 Å². The number of benzene rings is 1. The molecular formula is C11H16FN. The molecule has 2 heteroatoms. The second-order valence-electron chi connectivity index (χ2n) is 2.99. The Hall–Kier alpha value is -0.890. The van der Waals surface area contributed by atoms with Gasteiger partial charge < -0.3 is 5.32 Å². The maximum atomic E-state index is 11.8. The van der Waals surface area contributed by atoms with Gasteiger partial charge in [0, 0.05) is 13.1 Å². The molecule has 0 aliphatic carbocycles. The van der Waals surface area contributed by atoms with Crippen molar-refractivity contribution in [2.24, 2.45) is 0 Å². The van der Waals surface area contributed by atoms with E-state index in [1.807, 2.05) is 12.1 Å². The Bertz CT molecular complexity index is 248. The molecule has 0 heterocycles. The first-order valence-electron chi connectivity index (χ1n) is 4.72.